The zero-order chi connectivity index (χ0) is 9.97. The molecule has 0 aromatic carbocycles. The number of nitrogens with zero attached hydrogens (tertiary/aromatic N) is 2. The largest absolute Gasteiger partial charge is 0.330 e. The van der Waals surface area contributed by atoms with E-state index in [-0.39, 0.29) is 0 Å². The second-order valence-electron chi connectivity index (χ2n) is 3.26. The predicted molar refractivity (Wildman–Crippen MR) is 57.6 cm³/mol. The van der Waals surface area contributed by atoms with Crippen LogP contribution in [0.1, 0.15) is 12.0 Å². The highest BCUT2D eigenvalue weighted by Crippen LogP contribution is 2.16. The molecule has 2 rings (SSSR count). The Morgan fingerprint density at radius 2 is 2.36 bits per heavy atom. The highest BCUT2D eigenvalue weighted by Gasteiger charge is 2.01. The lowest BCUT2D eigenvalue weighted by Gasteiger charge is -2.00. The fourth-order valence-corrected chi connectivity index (χ4v) is 1.66. The summed E-state index contributed by atoms with van der Waals surface area (Å²) >= 11 is 5.92. The molecule has 0 spiro atoms. The van der Waals surface area contributed by atoms with E-state index in [1.54, 1.807) is 6.33 Å². The van der Waals surface area contributed by atoms with Crippen molar-refractivity contribution < 1.29 is 0 Å². The number of aromatic nitrogens is 2. The van der Waals surface area contributed by atoms with Gasteiger partial charge < -0.3 is 10.1 Å². The van der Waals surface area contributed by atoms with Crippen LogP contribution < -0.4 is 5.73 Å². The average molecular weight is 210 g/mol. The summed E-state index contributed by atoms with van der Waals surface area (Å²) in [7, 11) is 0. The van der Waals surface area contributed by atoms with Gasteiger partial charge >= 0.3 is 0 Å². The van der Waals surface area contributed by atoms with E-state index < -0.39 is 0 Å². The molecule has 2 aromatic rings. The van der Waals surface area contributed by atoms with Crippen LogP contribution in [0.3, 0.4) is 0 Å². The van der Waals surface area contributed by atoms with Crippen LogP contribution in [0.2, 0.25) is 5.15 Å². The van der Waals surface area contributed by atoms with Gasteiger partial charge in [0.1, 0.15) is 6.33 Å². The molecule has 0 radical (unpaired) electrons. The number of imidazole rings is 1. The van der Waals surface area contributed by atoms with Gasteiger partial charge in [-0.2, -0.15) is 0 Å². The fraction of sp³-hybridized carbons (Fsp3) is 0.300. The summed E-state index contributed by atoms with van der Waals surface area (Å²) in [5.41, 5.74) is 7.67. The van der Waals surface area contributed by atoms with Crippen molar-refractivity contribution >= 4 is 17.1 Å². The summed E-state index contributed by atoms with van der Waals surface area (Å²) in [5, 5.41) is 0.555. The van der Waals surface area contributed by atoms with Crippen molar-refractivity contribution in [1.82, 2.24) is 9.38 Å². The van der Waals surface area contributed by atoms with Crippen molar-refractivity contribution in [1.29, 1.82) is 0 Å². The minimum atomic E-state index is 0.555. The van der Waals surface area contributed by atoms with E-state index in [2.05, 4.69) is 17.1 Å². The Labute approximate surface area is 87.5 Å². The maximum Gasteiger partial charge on any atom is 0.154 e. The SMILES string of the molecule is NCCCc1ccn2cnc(Cl)c2c1. The first-order chi connectivity index (χ1) is 6.81. The van der Waals surface area contributed by atoms with Crippen LogP contribution in [0.25, 0.3) is 5.52 Å². The molecule has 4 heteroatoms. The third-order valence-electron chi connectivity index (χ3n) is 2.23. The highest BCUT2D eigenvalue weighted by molar-refractivity contribution is 6.32. The van der Waals surface area contributed by atoms with E-state index in [1.165, 1.54) is 5.56 Å². The quantitative estimate of drug-likeness (QED) is 0.839. The number of fused-ring (bicyclic) bond motifs is 1. The van der Waals surface area contributed by atoms with Gasteiger partial charge in [0.05, 0.1) is 5.52 Å². The van der Waals surface area contributed by atoms with E-state index >= 15 is 0 Å². The third-order valence-corrected chi connectivity index (χ3v) is 2.52. The molecule has 0 aliphatic heterocycles. The van der Waals surface area contributed by atoms with Crippen LogP contribution >= 0.6 is 11.6 Å². The molecule has 0 saturated carbocycles. The van der Waals surface area contributed by atoms with Crippen LogP contribution in [-0.2, 0) is 6.42 Å². The zero-order valence-corrected chi connectivity index (χ0v) is 8.54. The minimum Gasteiger partial charge on any atom is -0.330 e. The van der Waals surface area contributed by atoms with Gasteiger partial charge in [0.2, 0.25) is 0 Å². The molecule has 0 fully saturated rings. The first-order valence-corrected chi connectivity index (χ1v) is 5.00. The predicted octanol–water partition coefficient (Wildman–Crippen LogP) is 1.88. The van der Waals surface area contributed by atoms with Gasteiger partial charge in [0, 0.05) is 6.20 Å². The van der Waals surface area contributed by atoms with E-state index in [1.807, 2.05) is 10.6 Å². The molecule has 2 N–H and O–H groups in total. The summed E-state index contributed by atoms with van der Waals surface area (Å²) in [4.78, 5) is 4.02. The lowest BCUT2D eigenvalue weighted by atomic mass is 10.1. The summed E-state index contributed by atoms with van der Waals surface area (Å²) < 4.78 is 1.91. The van der Waals surface area contributed by atoms with Gasteiger partial charge in [-0.1, -0.05) is 11.6 Å². The average Bonchev–Trinajstić information content (AvgIpc) is 2.57. The van der Waals surface area contributed by atoms with E-state index in [4.69, 9.17) is 17.3 Å². The standard InChI is InChI=1S/C10H12ClN3/c11-10-9-6-8(2-1-4-12)3-5-14(9)7-13-10/h3,5-7H,1-2,4,12H2. The normalized spacial score (nSPS) is 11.0. The molecule has 0 amide bonds. The fourth-order valence-electron chi connectivity index (χ4n) is 1.46. The molecular weight excluding hydrogens is 198 g/mol. The van der Waals surface area contributed by atoms with E-state index in [9.17, 15) is 0 Å². The number of aryl methyl sites for hydroxylation is 1. The lowest BCUT2D eigenvalue weighted by Crippen LogP contribution is -2.00. The Balaban J connectivity index is 2.34. The third kappa shape index (κ3) is 1.74. The molecule has 0 aliphatic carbocycles. The summed E-state index contributed by atoms with van der Waals surface area (Å²) in [6.45, 7) is 0.720. The number of hydrogen-bond acceptors (Lipinski definition) is 2. The maximum absolute atomic E-state index is 5.92. The molecule has 2 aromatic heterocycles. The van der Waals surface area contributed by atoms with E-state index in [0.29, 0.717) is 5.15 Å². The number of halogens is 1. The second-order valence-corrected chi connectivity index (χ2v) is 3.61. The number of nitrogens with two attached hydrogens (primary N) is 1. The molecule has 3 nitrogen and oxygen atoms in total. The summed E-state index contributed by atoms with van der Waals surface area (Å²) in [6, 6.07) is 4.13. The molecular formula is C10H12ClN3. The summed E-state index contributed by atoms with van der Waals surface area (Å²) in [5.74, 6) is 0. The van der Waals surface area contributed by atoms with Crippen molar-refractivity contribution in [2.45, 2.75) is 12.8 Å². The van der Waals surface area contributed by atoms with Gasteiger partial charge in [0.25, 0.3) is 0 Å². The van der Waals surface area contributed by atoms with Gasteiger partial charge in [-0.05, 0) is 37.1 Å². The smallest absolute Gasteiger partial charge is 0.154 e. The maximum atomic E-state index is 5.92. The first-order valence-electron chi connectivity index (χ1n) is 4.62. The van der Waals surface area contributed by atoms with Crippen molar-refractivity contribution in [3.05, 3.63) is 35.4 Å². The van der Waals surface area contributed by atoms with Crippen LogP contribution in [0.5, 0.6) is 0 Å². The zero-order valence-electron chi connectivity index (χ0n) is 7.78. The molecule has 74 valence electrons. The van der Waals surface area contributed by atoms with Crippen LogP contribution in [0.4, 0.5) is 0 Å². The highest BCUT2D eigenvalue weighted by atomic mass is 35.5. The van der Waals surface area contributed by atoms with Crippen molar-refractivity contribution in [3.63, 3.8) is 0 Å². The Hall–Kier alpha value is -1.06. The van der Waals surface area contributed by atoms with Gasteiger partial charge in [0.15, 0.2) is 5.15 Å². The topological polar surface area (TPSA) is 43.3 Å². The first kappa shape index (κ1) is 9.49. The van der Waals surface area contributed by atoms with Crippen molar-refractivity contribution in [2.24, 2.45) is 5.73 Å². The van der Waals surface area contributed by atoms with E-state index in [0.717, 1.165) is 24.9 Å². The lowest BCUT2D eigenvalue weighted by molar-refractivity contribution is 0.831. The minimum absolute atomic E-state index is 0.555. The van der Waals surface area contributed by atoms with Gasteiger partial charge in [-0.3, -0.25) is 0 Å². The molecule has 0 aliphatic rings. The monoisotopic (exact) mass is 209 g/mol. The number of hydrogen-bond donors (Lipinski definition) is 1. The molecule has 0 unspecified atom stereocenters. The molecule has 0 bridgehead atoms. The Morgan fingerprint density at radius 1 is 1.50 bits per heavy atom. The molecule has 0 atom stereocenters. The Morgan fingerprint density at radius 3 is 3.14 bits per heavy atom. The Bertz CT molecular complexity index is 436. The van der Waals surface area contributed by atoms with Crippen molar-refractivity contribution in [2.75, 3.05) is 6.54 Å². The number of pyridine rings is 1. The van der Waals surface area contributed by atoms with Crippen LogP contribution in [-0.4, -0.2) is 15.9 Å². The summed E-state index contributed by atoms with van der Waals surface area (Å²) in [6.07, 6.45) is 5.68. The van der Waals surface area contributed by atoms with Crippen LogP contribution in [0.15, 0.2) is 24.7 Å². The van der Waals surface area contributed by atoms with Gasteiger partial charge in [-0.15, -0.1) is 0 Å². The number of rotatable bonds is 3. The Kier molecular flexibility index (Phi) is 2.70. The molecule has 14 heavy (non-hydrogen) atoms. The van der Waals surface area contributed by atoms with Crippen LogP contribution in [0, 0.1) is 0 Å². The second kappa shape index (κ2) is 3.98. The molecule has 0 saturated heterocycles. The molecule has 2 heterocycles. The van der Waals surface area contributed by atoms with Gasteiger partial charge in [-0.25, -0.2) is 4.98 Å². The van der Waals surface area contributed by atoms with Crippen molar-refractivity contribution in [3.8, 4) is 0 Å².